The zero-order valence-electron chi connectivity index (χ0n) is 15.9. The predicted molar refractivity (Wildman–Crippen MR) is 105 cm³/mol. The molecule has 0 radical (unpaired) electrons. The molecule has 1 aliphatic heterocycles. The molecule has 1 amide bonds. The van der Waals surface area contributed by atoms with Crippen LogP contribution in [0.25, 0.3) is 0 Å². The highest BCUT2D eigenvalue weighted by Crippen LogP contribution is 2.33. The average Bonchev–Trinajstić information content (AvgIpc) is 2.75. The number of rotatable bonds is 6. The van der Waals surface area contributed by atoms with E-state index in [-0.39, 0.29) is 16.3 Å². The monoisotopic (exact) mass is 424 g/mol. The average molecular weight is 424 g/mol. The minimum atomic E-state index is -3.88. The van der Waals surface area contributed by atoms with Crippen molar-refractivity contribution < 1.29 is 26.7 Å². The molecule has 1 saturated heterocycles. The van der Waals surface area contributed by atoms with E-state index in [1.807, 2.05) is 0 Å². The van der Waals surface area contributed by atoms with Gasteiger partial charge in [0.15, 0.2) is 0 Å². The summed E-state index contributed by atoms with van der Waals surface area (Å²) in [4.78, 5) is 12.0. The van der Waals surface area contributed by atoms with Crippen molar-refractivity contribution in [1.82, 2.24) is 4.31 Å². The van der Waals surface area contributed by atoms with Gasteiger partial charge in [-0.25, -0.2) is 8.42 Å². The lowest BCUT2D eigenvalue weighted by atomic mass is 10.1. The molecule has 0 saturated carbocycles. The number of piperidine rings is 1. The fourth-order valence-electron chi connectivity index (χ4n) is 3.19. The molecular weight excluding hydrogens is 402 g/mol. The first-order valence-electron chi connectivity index (χ1n) is 9.20. The van der Waals surface area contributed by atoms with E-state index in [2.05, 4.69) is 5.32 Å². The van der Waals surface area contributed by atoms with Crippen molar-refractivity contribution in [2.75, 3.05) is 25.5 Å². The number of ether oxygens (including phenoxy) is 1. The molecule has 0 atom stereocenters. The van der Waals surface area contributed by atoms with E-state index in [0.29, 0.717) is 13.1 Å². The molecule has 156 valence electrons. The third kappa shape index (κ3) is 4.40. The van der Waals surface area contributed by atoms with Crippen LogP contribution in [0.4, 0.5) is 14.5 Å². The van der Waals surface area contributed by atoms with Crippen LogP contribution in [0.2, 0.25) is 0 Å². The van der Waals surface area contributed by atoms with Gasteiger partial charge >= 0.3 is 5.92 Å². The molecule has 0 unspecified atom stereocenters. The van der Waals surface area contributed by atoms with Crippen LogP contribution in [0.3, 0.4) is 0 Å². The zero-order chi connectivity index (χ0) is 21.1. The number of sulfonamides is 1. The number of methoxy groups -OCH3 is 1. The fourth-order valence-corrected chi connectivity index (χ4v) is 4.89. The fraction of sp³-hybridized carbons (Fsp3) is 0.350. The standard InChI is InChI=1S/C20H22F2N2O4S/c1-28-17-11-10-16(14-18(17)29(26,27)24-12-6-3-7-13-24)23-19(25)20(21,22)15-8-4-2-5-9-15/h2,4-5,8-11,14H,3,6-7,12-13H2,1H3,(H,23,25). The Labute approximate surface area is 168 Å². The number of nitrogens with one attached hydrogen (secondary N) is 1. The predicted octanol–water partition coefficient (Wildman–Crippen LogP) is 3.60. The van der Waals surface area contributed by atoms with Crippen molar-refractivity contribution in [3.05, 3.63) is 54.1 Å². The van der Waals surface area contributed by atoms with Gasteiger partial charge in [0.25, 0.3) is 5.91 Å². The van der Waals surface area contributed by atoms with Crippen molar-refractivity contribution in [2.45, 2.75) is 30.1 Å². The summed E-state index contributed by atoms with van der Waals surface area (Å²) >= 11 is 0. The van der Waals surface area contributed by atoms with E-state index < -0.39 is 27.4 Å². The number of carbonyl (C=O) groups is 1. The van der Waals surface area contributed by atoms with Crippen molar-refractivity contribution in [3.63, 3.8) is 0 Å². The van der Waals surface area contributed by atoms with Gasteiger partial charge in [-0.2, -0.15) is 13.1 Å². The molecule has 0 aliphatic carbocycles. The summed E-state index contributed by atoms with van der Waals surface area (Å²) in [6.07, 6.45) is 2.45. The summed E-state index contributed by atoms with van der Waals surface area (Å²) < 4.78 is 61.4. The molecule has 0 spiro atoms. The van der Waals surface area contributed by atoms with E-state index in [0.717, 1.165) is 37.5 Å². The number of nitrogens with zero attached hydrogens (tertiary/aromatic N) is 1. The first-order valence-corrected chi connectivity index (χ1v) is 10.6. The van der Waals surface area contributed by atoms with Gasteiger partial charge in [0.1, 0.15) is 10.6 Å². The van der Waals surface area contributed by atoms with E-state index >= 15 is 0 Å². The number of anilines is 1. The van der Waals surface area contributed by atoms with Crippen molar-refractivity contribution in [2.24, 2.45) is 0 Å². The third-order valence-electron chi connectivity index (χ3n) is 4.78. The summed E-state index contributed by atoms with van der Waals surface area (Å²) in [6.45, 7) is 0.766. The molecule has 2 aromatic carbocycles. The van der Waals surface area contributed by atoms with Crippen LogP contribution in [0.5, 0.6) is 5.75 Å². The molecule has 1 heterocycles. The maximum absolute atomic E-state index is 14.4. The third-order valence-corrected chi connectivity index (χ3v) is 6.70. The Morgan fingerprint density at radius 2 is 1.72 bits per heavy atom. The summed E-state index contributed by atoms with van der Waals surface area (Å²) in [5.41, 5.74) is -0.505. The summed E-state index contributed by atoms with van der Waals surface area (Å²) in [5, 5.41) is 2.12. The minimum absolute atomic E-state index is 0.0537. The molecule has 1 fully saturated rings. The number of carbonyl (C=O) groups excluding carboxylic acids is 1. The van der Waals surface area contributed by atoms with Gasteiger partial charge in [-0.3, -0.25) is 4.79 Å². The van der Waals surface area contributed by atoms with Gasteiger partial charge in [0.2, 0.25) is 10.0 Å². The molecule has 1 N–H and O–H groups in total. The quantitative estimate of drug-likeness (QED) is 0.769. The second-order valence-electron chi connectivity index (χ2n) is 6.72. The Kier molecular flexibility index (Phi) is 6.18. The molecule has 9 heteroatoms. The van der Waals surface area contributed by atoms with Crippen LogP contribution in [-0.4, -0.2) is 38.8 Å². The van der Waals surface area contributed by atoms with Crippen molar-refractivity contribution >= 4 is 21.6 Å². The highest BCUT2D eigenvalue weighted by molar-refractivity contribution is 7.89. The SMILES string of the molecule is COc1ccc(NC(=O)C(F)(F)c2ccccc2)cc1S(=O)(=O)N1CCCCC1. The second-order valence-corrected chi connectivity index (χ2v) is 8.63. The highest BCUT2D eigenvalue weighted by Gasteiger charge is 2.41. The van der Waals surface area contributed by atoms with Gasteiger partial charge in [0.05, 0.1) is 7.11 Å². The van der Waals surface area contributed by atoms with Crippen LogP contribution in [0.15, 0.2) is 53.4 Å². The minimum Gasteiger partial charge on any atom is -0.495 e. The van der Waals surface area contributed by atoms with Gasteiger partial charge in [-0.15, -0.1) is 0 Å². The van der Waals surface area contributed by atoms with E-state index in [1.165, 1.54) is 35.7 Å². The smallest absolute Gasteiger partial charge is 0.350 e. The Bertz CT molecular complexity index is 975. The lowest BCUT2D eigenvalue weighted by Gasteiger charge is -2.26. The Balaban J connectivity index is 1.90. The normalized spacial score (nSPS) is 15.7. The van der Waals surface area contributed by atoms with Gasteiger partial charge in [0, 0.05) is 24.3 Å². The molecule has 6 nitrogen and oxygen atoms in total. The first kappa shape index (κ1) is 21.2. The van der Waals surface area contributed by atoms with Crippen LogP contribution in [0, 0.1) is 0 Å². The van der Waals surface area contributed by atoms with Crippen LogP contribution < -0.4 is 10.1 Å². The summed E-state index contributed by atoms with van der Waals surface area (Å²) in [7, 11) is -2.56. The zero-order valence-corrected chi connectivity index (χ0v) is 16.7. The highest BCUT2D eigenvalue weighted by atomic mass is 32.2. The molecule has 29 heavy (non-hydrogen) atoms. The maximum atomic E-state index is 14.4. The van der Waals surface area contributed by atoms with Gasteiger partial charge in [-0.1, -0.05) is 36.8 Å². The number of hydrogen-bond donors (Lipinski definition) is 1. The lowest BCUT2D eigenvalue weighted by molar-refractivity contribution is -0.140. The summed E-state index contributed by atoms with van der Waals surface area (Å²) in [6, 6.07) is 10.5. The molecular formula is C20H22F2N2O4S. The van der Waals surface area contributed by atoms with E-state index in [4.69, 9.17) is 4.74 Å². The van der Waals surface area contributed by atoms with Gasteiger partial charge < -0.3 is 10.1 Å². The number of halogens is 2. The molecule has 0 aromatic heterocycles. The molecule has 1 aliphatic rings. The topological polar surface area (TPSA) is 75.7 Å². The number of hydrogen-bond acceptors (Lipinski definition) is 4. The van der Waals surface area contributed by atoms with Crippen LogP contribution in [0.1, 0.15) is 24.8 Å². The van der Waals surface area contributed by atoms with E-state index in [9.17, 15) is 22.0 Å². The Hall–Kier alpha value is -2.52. The van der Waals surface area contributed by atoms with Gasteiger partial charge in [-0.05, 0) is 31.0 Å². The number of alkyl halides is 2. The number of benzene rings is 2. The van der Waals surface area contributed by atoms with E-state index in [1.54, 1.807) is 6.07 Å². The lowest BCUT2D eigenvalue weighted by Crippen LogP contribution is -2.36. The Morgan fingerprint density at radius 3 is 2.34 bits per heavy atom. The maximum Gasteiger partial charge on any atom is 0.350 e. The molecule has 3 rings (SSSR count). The molecule has 0 bridgehead atoms. The number of amides is 1. The molecule has 2 aromatic rings. The van der Waals surface area contributed by atoms with Crippen LogP contribution >= 0.6 is 0 Å². The largest absolute Gasteiger partial charge is 0.495 e. The summed E-state index contributed by atoms with van der Waals surface area (Å²) in [5.74, 6) is -5.23. The second kappa shape index (κ2) is 8.46. The van der Waals surface area contributed by atoms with Crippen LogP contribution in [-0.2, 0) is 20.7 Å². The van der Waals surface area contributed by atoms with Crippen molar-refractivity contribution in [1.29, 1.82) is 0 Å². The first-order chi connectivity index (χ1) is 13.8. The Morgan fingerprint density at radius 1 is 1.07 bits per heavy atom. The van der Waals surface area contributed by atoms with Crippen molar-refractivity contribution in [3.8, 4) is 5.75 Å².